The molecule has 0 fully saturated rings. The number of carbonyl (C=O) groups is 1. The average molecular weight is 386 g/mol. The van der Waals surface area contributed by atoms with Crippen molar-refractivity contribution in [2.45, 2.75) is 45.5 Å². The Bertz CT molecular complexity index is 981. The van der Waals surface area contributed by atoms with Gasteiger partial charge in [-0.1, -0.05) is 72.8 Å². The van der Waals surface area contributed by atoms with Gasteiger partial charge in [0, 0.05) is 19.1 Å². The standard InChI is InChI=1S/C26H27NO2/c1-19(2)29-26(28)24-15-9-8-14-23(24)18-27-17-22-13-7-6-12-21(22)16-25(27)20-10-4-3-5-11-20/h3-15,19,25H,16-18H2,1-2H3/t25-/m0/s1. The van der Waals surface area contributed by atoms with Crippen LogP contribution in [-0.4, -0.2) is 17.0 Å². The highest BCUT2D eigenvalue weighted by atomic mass is 16.5. The lowest BCUT2D eigenvalue weighted by atomic mass is 9.89. The van der Waals surface area contributed by atoms with Gasteiger partial charge in [0.2, 0.25) is 0 Å². The van der Waals surface area contributed by atoms with Crippen LogP contribution in [0, 0.1) is 0 Å². The van der Waals surface area contributed by atoms with Gasteiger partial charge >= 0.3 is 5.97 Å². The molecule has 0 aliphatic carbocycles. The first kappa shape index (κ1) is 19.4. The Morgan fingerprint density at radius 2 is 1.59 bits per heavy atom. The van der Waals surface area contributed by atoms with Crippen LogP contribution < -0.4 is 0 Å². The van der Waals surface area contributed by atoms with E-state index in [-0.39, 0.29) is 18.1 Å². The number of fused-ring (bicyclic) bond motifs is 1. The van der Waals surface area contributed by atoms with E-state index in [1.807, 2.05) is 38.1 Å². The number of esters is 1. The van der Waals surface area contributed by atoms with Crippen molar-refractivity contribution < 1.29 is 9.53 Å². The van der Waals surface area contributed by atoms with Crippen LogP contribution in [0.1, 0.15) is 52.5 Å². The maximum absolute atomic E-state index is 12.6. The molecule has 0 amide bonds. The molecule has 3 nitrogen and oxygen atoms in total. The molecule has 1 aliphatic heterocycles. The van der Waals surface area contributed by atoms with Crippen molar-refractivity contribution in [2.24, 2.45) is 0 Å². The minimum atomic E-state index is -0.246. The summed E-state index contributed by atoms with van der Waals surface area (Å²) in [5, 5.41) is 0. The second-order valence-electron chi connectivity index (χ2n) is 7.92. The smallest absolute Gasteiger partial charge is 0.338 e. The largest absolute Gasteiger partial charge is 0.459 e. The Balaban J connectivity index is 1.67. The fourth-order valence-corrected chi connectivity index (χ4v) is 4.10. The highest BCUT2D eigenvalue weighted by Gasteiger charge is 2.28. The first-order chi connectivity index (χ1) is 14.1. The zero-order valence-electron chi connectivity index (χ0n) is 17.0. The van der Waals surface area contributed by atoms with Gasteiger partial charge in [-0.15, -0.1) is 0 Å². The predicted molar refractivity (Wildman–Crippen MR) is 116 cm³/mol. The van der Waals surface area contributed by atoms with Gasteiger partial charge in [0.15, 0.2) is 0 Å². The van der Waals surface area contributed by atoms with Gasteiger partial charge in [-0.3, -0.25) is 4.90 Å². The van der Waals surface area contributed by atoms with Crippen LogP contribution in [0.2, 0.25) is 0 Å². The van der Waals surface area contributed by atoms with Gasteiger partial charge in [0.1, 0.15) is 0 Å². The van der Waals surface area contributed by atoms with Crippen LogP contribution in [0.4, 0.5) is 0 Å². The third kappa shape index (κ3) is 4.41. The highest BCUT2D eigenvalue weighted by Crippen LogP contribution is 2.34. The SMILES string of the molecule is CC(C)OC(=O)c1ccccc1CN1Cc2ccccc2C[C@H]1c1ccccc1. The van der Waals surface area contributed by atoms with Crippen LogP contribution in [0.3, 0.4) is 0 Å². The molecule has 0 bridgehead atoms. The van der Waals surface area contributed by atoms with Crippen LogP contribution >= 0.6 is 0 Å². The number of carbonyl (C=O) groups excluding carboxylic acids is 1. The molecular weight excluding hydrogens is 358 g/mol. The maximum Gasteiger partial charge on any atom is 0.338 e. The normalized spacial score (nSPS) is 16.4. The van der Waals surface area contributed by atoms with Crippen LogP contribution in [0.5, 0.6) is 0 Å². The number of nitrogens with zero attached hydrogens (tertiary/aromatic N) is 1. The summed E-state index contributed by atoms with van der Waals surface area (Å²) >= 11 is 0. The minimum absolute atomic E-state index is 0.130. The number of hydrogen-bond acceptors (Lipinski definition) is 3. The molecule has 0 N–H and O–H groups in total. The third-order valence-corrected chi connectivity index (χ3v) is 5.48. The molecule has 0 saturated carbocycles. The second-order valence-corrected chi connectivity index (χ2v) is 7.92. The molecule has 3 aromatic carbocycles. The molecule has 0 saturated heterocycles. The van der Waals surface area contributed by atoms with Crippen molar-refractivity contribution in [3.8, 4) is 0 Å². The van der Waals surface area contributed by atoms with Crippen LogP contribution in [-0.2, 0) is 24.2 Å². The molecule has 1 atom stereocenters. The summed E-state index contributed by atoms with van der Waals surface area (Å²) in [7, 11) is 0. The van der Waals surface area contributed by atoms with Gasteiger partial charge in [0.25, 0.3) is 0 Å². The first-order valence-electron chi connectivity index (χ1n) is 10.3. The summed E-state index contributed by atoms with van der Waals surface area (Å²) in [4.78, 5) is 15.1. The summed E-state index contributed by atoms with van der Waals surface area (Å²) < 4.78 is 5.48. The molecule has 1 aliphatic rings. The van der Waals surface area contributed by atoms with E-state index in [4.69, 9.17) is 4.74 Å². The highest BCUT2D eigenvalue weighted by molar-refractivity contribution is 5.91. The fourth-order valence-electron chi connectivity index (χ4n) is 4.10. The quantitative estimate of drug-likeness (QED) is 0.539. The molecule has 0 spiro atoms. The van der Waals surface area contributed by atoms with Crippen molar-refractivity contribution in [1.29, 1.82) is 0 Å². The Labute approximate surface area is 172 Å². The van der Waals surface area contributed by atoms with E-state index in [0.717, 1.165) is 18.5 Å². The van der Waals surface area contributed by atoms with Crippen molar-refractivity contribution in [3.05, 3.63) is 107 Å². The molecular formula is C26H27NO2. The van der Waals surface area contributed by atoms with Gasteiger partial charge in [-0.05, 0) is 48.6 Å². The molecule has 0 radical (unpaired) electrons. The van der Waals surface area contributed by atoms with Gasteiger partial charge in [-0.2, -0.15) is 0 Å². The average Bonchev–Trinajstić information content (AvgIpc) is 2.74. The molecule has 0 aromatic heterocycles. The monoisotopic (exact) mass is 385 g/mol. The lowest BCUT2D eigenvalue weighted by Gasteiger charge is -2.37. The summed E-state index contributed by atoms with van der Waals surface area (Å²) in [5.74, 6) is -0.246. The molecule has 1 heterocycles. The molecule has 0 unspecified atom stereocenters. The Hall–Kier alpha value is -2.91. The predicted octanol–water partition coefficient (Wildman–Crippen LogP) is 5.55. The number of benzene rings is 3. The maximum atomic E-state index is 12.6. The van der Waals surface area contributed by atoms with E-state index in [1.165, 1.54) is 16.7 Å². The van der Waals surface area contributed by atoms with Crippen molar-refractivity contribution >= 4 is 5.97 Å². The first-order valence-corrected chi connectivity index (χ1v) is 10.3. The molecule has 4 rings (SSSR count). The topological polar surface area (TPSA) is 29.5 Å². The van der Waals surface area contributed by atoms with Crippen LogP contribution in [0.25, 0.3) is 0 Å². The minimum Gasteiger partial charge on any atom is -0.459 e. The van der Waals surface area contributed by atoms with Crippen molar-refractivity contribution in [3.63, 3.8) is 0 Å². The lowest BCUT2D eigenvalue weighted by Crippen LogP contribution is -2.34. The van der Waals surface area contributed by atoms with Gasteiger partial charge in [-0.25, -0.2) is 4.79 Å². The van der Waals surface area contributed by atoms with E-state index in [0.29, 0.717) is 12.1 Å². The number of hydrogen-bond donors (Lipinski definition) is 0. The van der Waals surface area contributed by atoms with Crippen molar-refractivity contribution in [1.82, 2.24) is 4.90 Å². The third-order valence-electron chi connectivity index (χ3n) is 5.48. The van der Waals surface area contributed by atoms with E-state index in [2.05, 4.69) is 59.5 Å². The van der Waals surface area contributed by atoms with Crippen LogP contribution in [0.15, 0.2) is 78.9 Å². The summed E-state index contributed by atoms with van der Waals surface area (Å²) in [6.45, 7) is 5.33. The van der Waals surface area contributed by atoms with Gasteiger partial charge < -0.3 is 4.74 Å². The zero-order valence-corrected chi connectivity index (χ0v) is 17.0. The van der Waals surface area contributed by atoms with E-state index >= 15 is 0 Å². The molecule has 3 aromatic rings. The number of rotatable bonds is 5. The summed E-state index contributed by atoms with van der Waals surface area (Å²) in [6, 6.07) is 27.4. The Morgan fingerprint density at radius 1 is 0.931 bits per heavy atom. The van der Waals surface area contributed by atoms with E-state index in [1.54, 1.807) is 0 Å². The summed E-state index contributed by atoms with van der Waals surface area (Å²) in [6.07, 6.45) is 0.841. The van der Waals surface area contributed by atoms with Gasteiger partial charge in [0.05, 0.1) is 11.7 Å². The zero-order chi connectivity index (χ0) is 20.2. The second kappa shape index (κ2) is 8.62. The summed E-state index contributed by atoms with van der Waals surface area (Å²) in [5.41, 5.74) is 5.75. The molecule has 29 heavy (non-hydrogen) atoms. The Kier molecular flexibility index (Phi) is 5.77. The van der Waals surface area contributed by atoms with E-state index in [9.17, 15) is 4.79 Å². The van der Waals surface area contributed by atoms with E-state index < -0.39 is 0 Å². The number of ether oxygens (including phenoxy) is 1. The molecule has 3 heteroatoms. The fraction of sp³-hybridized carbons (Fsp3) is 0.269. The lowest BCUT2D eigenvalue weighted by molar-refractivity contribution is 0.0374. The molecule has 148 valence electrons. The van der Waals surface area contributed by atoms with Crippen molar-refractivity contribution in [2.75, 3.05) is 0 Å². The Morgan fingerprint density at radius 3 is 2.34 bits per heavy atom.